The van der Waals surface area contributed by atoms with E-state index in [1.807, 2.05) is 13.0 Å². The summed E-state index contributed by atoms with van der Waals surface area (Å²) in [6.07, 6.45) is 0.639. The van der Waals surface area contributed by atoms with Gasteiger partial charge in [-0.05, 0) is 43.7 Å². The zero-order valence-electron chi connectivity index (χ0n) is 15.2. The van der Waals surface area contributed by atoms with Gasteiger partial charge in [0.15, 0.2) is 6.10 Å². The first kappa shape index (κ1) is 19.4. The van der Waals surface area contributed by atoms with Crippen LogP contribution in [0.4, 0.5) is 21.6 Å². The predicted octanol–water partition coefficient (Wildman–Crippen LogP) is 3.83. The van der Waals surface area contributed by atoms with Crippen LogP contribution >= 0.6 is 0 Å². The van der Waals surface area contributed by atoms with Crippen molar-refractivity contribution in [1.82, 2.24) is 9.97 Å². The van der Waals surface area contributed by atoms with Crippen LogP contribution in [0.3, 0.4) is 0 Å². The van der Waals surface area contributed by atoms with Crippen molar-refractivity contribution in [2.75, 3.05) is 10.0 Å². The Hall–Kier alpha value is -3.38. The normalized spacial score (nSPS) is 11.8. The molecule has 0 saturated heterocycles. The maximum Gasteiger partial charge on any atom is 0.181 e. The molecule has 1 heterocycles. The highest BCUT2D eigenvalue weighted by Gasteiger charge is 2.13. The summed E-state index contributed by atoms with van der Waals surface area (Å²) < 4.78 is 33.2. The van der Waals surface area contributed by atoms with Gasteiger partial charge in [0.05, 0.1) is 11.2 Å². The molecule has 0 saturated carbocycles. The van der Waals surface area contributed by atoms with Gasteiger partial charge in [-0.3, -0.25) is 0 Å². The van der Waals surface area contributed by atoms with E-state index in [1.54, 1.807) is 19.1 Å². The Morgan fingerprint density at radius 3 is 2.82 bits per heavy atom. The van der Waals surface area contributed by atoms with E-state index in [2.05, 4.69) is 25.9 Å². The smallest absolute Gasteiger partial charge is 0.181 e. The molecule has 1 atom stereocenters. The molecule has 1 unspecified atom stereocenters. The van der Waals surface area contributed by atoms with Crippen LogP contribution in [-0.2, 0) is 14.8 Å². The molecule has 28 heavy (non-hydrogen) atoms. The topological polar surface area (TPSA) is 99.9 Å². The van der Waals surface area contributed by atoms with E-state index in [9.17, 15) is 8.60 Å². The molecule has 0 fully saturated rings. The molecule has 3 aromatic rings. The van der Waals surface area contributed by atoms with E-state index in [4.69, 9.17) is 10.00 Å². The van der Waals surface area contributed by atoms with Gasteiger partial charge >= 0.3 is 0 Å². The second-order valence-electron chi connectivity index (χ2n) is 6.01. The molecule has 0 aliphatic heterocycles. The maximum atomic E-state index is 13.7. The lowest BCUT2D eigenvalue weighted by atomic mass is 10.1. The van der Waals surface area contributed by atoms with Crippen molar-refractivity contribution in [2.24, 2.45) is 0 Å². The fourth-order valence-electron chi connectivity index (χ4n) is 2.72. The molecule has 7 nitrogen and oxygen atoms in total. The molecular weight excluding hydrogens is 381 g/mol. The Bertz CT molecular complexity index is 1150. The number of halogens is 1. The quantitative estimate of drug-likeness (QED) is 0.483. The summed E-state index contributed by atoms with van der Waals surface area (Å²) in [4.78, 5) is 8.55. The number of rotatable bonds is 6. The Labute approximate surface area is 163 Å². The average Bonchev–Trinajstić information content (AvgIpc) is 2.63. The lowest BCUT2D eigenvalue weighted by Crippen LogP contribution is -2.10. The third kappa shape index (κ3) is 4.29. The second kappa shape index (κ2) is 8.10. The van der Waals surface area contributed by atoms with Crippen LogP contribution in [0.1, 0.15) is 12.5 Å². The third-order valence-corrected chi connectivity index (χ3v) is 4.31. The van der Waals surface area contributed by atoms with Crippen molar-refractivity contribution < 1.29 is 13.3 Å². The van der Waals surface area contributed by atoms with Crippen molar-refractivity contribution in [3.8, 4) is 11.8 Å². The summed E-state index contributed by atoms with van der Waals surface area (Å²) in [7, 11) is -1.45. The highest BCUT2D eigenvalue weighted by Crippen LogP contribution is 2.33. The number of ether oxygens (including phenoxy) is 1. The first-order chi connectivity index (χ1) is 13.4. The van der Waals surface area contributed by atoms with Crippen LogP contribution < -0.4 is 14.8 Å². The van der Waals surface area contributed by atoms with Gasteiger partial charge in [0.2, 0.25) is 0 Å². The van der Waals surface area contributed by atoms with Crippen molar-refractivity contribution >= 4 is 44.5 Å². The number of hydrogen-bond acceptors (Lipinski definition) is 7. The molecule has 3 rings (SSSR count). The number of aromatic nitrogens is 2. The van der Waals surface area contributed by atoms with E-state index < -0.39 is 22.5 Å². The number of nitrogens with one attached hydrogen (secondary N) is 2. The first-order valence-corrected chi connectivity index (χ1v) is 9.55. The minimum atomic E-state index is -1.45. The number of aryl methyl sites for hydroxylation is 1. The molecule has 0 amide bonds. The molecule has 0 bridgehead atoms. The number of nitriles is 1. The van der Waals surface area contributed by atoms with Crippen LogP contribution in [0.25, 0.3) is 10.9 Å². The molecule has 2 aromatic carbocycles. The van der Waals surface area contributed by atoms with E-state index in [-0.39, 0.29) is 5.75 Å². The van der Waals surface area contributed by atoms with Gasteiger partial charge in [0, 0.05) is 17.1 Å². The molecule has 9 heteroatoms. The molecule has 0 aliphatic carbocycles. The maximum absolute atomic E-state index is 13.7. The average molecular weight is 398 g/mol. The van der Waals surface area contributed by atoms with Crippen LogP contribution in [0.5, 0.6) is 5.75 Å². The van der Waals surface area contributed by atoms with Crippen molar-refractivity contribution in [3.05, 3.63) is 48.0 Å². The number of hydrogen-bond donors (Lipinski definition) is 2. The molecule has 1 aromatic heterocycles. The summed E-state index contributed by atoms with van der Waals surface area (Å²) in [6, 6.07) is 9.49. The highest BCUT2D eigenvalue weighted by atomic mass is 32.2. The zero-order chi connectivity index (χ0) is 20.3. The number of nitrogens with zero attached hydrogens (tertiary/aromatic N) is 3. The van der Waals surface area contributed by atoms with E-state index >= 15 is 0 Å². The fraction of sp³-hybridized carbons (Fsp3) is 0.158. The number of fused-ring (bicyclic) bond motifs is 1. The van der Waals surface area contributed by atoms with Crippen LogP contribution in [-0.4, -0.2) is 21.9 Å². The standard InChI is InChI=1S/C19H17FN5O2S/c1-11-6-14(25-28(3)26)8-16-18(11)19(23-10-22-16)24-15-5-4-13(20)7-17(15)27-12(2)9-21/h4-8,10,12H,3H2,1-2H3,(H,25,26)(H,22,23,24)/q-1. The highest BCUT2D eigenvalue weighted by molar-refractivity contribution is 7.83. The first-order valence-electron chi connectivity index (χ1n) is 8.23. The monoisotopic (exact) mass is 398 g/mol. The predicted molar refractivity (Wildman–Crippen MR) is 108 cm³/mol. The van der Waals surface area contributed by atoms with Crippen molar-refractivity contribution in [1.29, 1.82) is 5.26 Å². The van der Waals surface area contributed by atoms with Gasteiger partial charge in [-0.1, -0.05) is 0 Å². The molecule has 0 spiro atoms. The number of benzene rings is 2. The summed E-state index contributed by atoms with van der Waals surface area (Å²) >= 11 is 0. The zero-order valence-corrected chi connectivity index (χ0v) is 16.0. The molecule has 0 aliphatic rings. The summed E-state index contributed by atoms with van der Waals surface area (Å²) in [5, 5.41) is 12.8. The van der Waals surface area contributed by atoms with Gasteiger partial charge in [0.1, 0.15) is 29.8 Å². The molecule has 0 radical (unpaired) electrons. The van der Waals surface area contributed by atoms with Gasteiger partial charge < -0.3 is 19.0 Å². The lowest BCUT2D eigenvalue weighted by Gasteiger charge is -2.16. The minimum absolute atomic E-state index is 0.198. The fourth-order valence-corrected chi connectivity index (χ4v) is 3.10. The Morgan fingerprint density at radius 2 is 2.11 bits per heavy atom. The minimum Gasteiger partial charge on any atom is -0.474 e. The van der Waals surface area contributed by atoms with E-state index in [0.29, 0.717) is 22.7 Å². The largest absolute Gasteiger partial charge is 0.474 e. The van der Waals surface area contributed by atoms with Gasteiger partial charge in [-0.15, -0.1) is 0 Å². The van der Waals surface area contributed by atoms with Crippen molar-refractivity contribution in [3.63, 3.8) is 0 Å². The van der Waals surface area contributed by atoms with Crippen LogP contribution in [0.2, 0.25) is 0 Å². The summed E-state index contributed by atoms with van der Waals surface area (Å²) in [6.45, 7) is 3.44. The Morgan fingerprint density at radius 1 is 1.32 bits per heavy atom. The third-order valence-electron chi connectivity index (χ3n) is 3.85. The number of anilines is 3. The van der Waals surface area contributed by atoms with Gasteiger partial charge in [-0.2, -0.15) is 21.7 Å². The lowest BCUT2D eigenvalue weighted by molar-refractivity contribution is 0.276. The SMILES string of the molecule is C=[S-](=O)Nc1cc(C)c2c(Nc3ccc(F)cc3OC(C)C#N)ncnc2c1. The summed E-state index contributed by atoms with van der Waals surface area (Å²) in [5.74, 6) is 3.62. The van der Waals surface area contributed by atoms with E-state index in [0.717, 1.165) is 10.9 Å². The summed E-state index contributed by atoms with van der Waals surface area (Å²) in [5.41, 5.74) is 2.55. The molecular formula is C19H17FN5O2S-. The van der Waals surface area contributed by atoms with Gasteiger partial charge in [-0.25, -0.2) is 14.4 Å². The second-order valence-corrected chi connectivity index (χ2v) is 6.91. The molecule has 144 valence electrons. The van der Waals surface area contributed by atoms with Crippen LogP contribution in [0.15, 0.2) is 36.7 Å². The van der Waals surface area contributed by atoms with Crippen LogP contribution in [0, 0.1) is 24.1 Å². The Balaban J connectivity index is 2.05. The van der Waals surface area contributed by atoms with Gasteiger partial charge in [0.25, 0.3) is 0 Å². The Kier molecular flexibility index (Phi) is 5.61. The van der Waals surface area contributed by atoms with Crippen molar-refractivity contribution in [2.45, 2.75) is 20.0 Å². The molecule has 2 N–H and O–H groups in total. The van der Waals surface area contributed by atoms with E-state index in [1.165, 1.54) is 24.5 Å².